The lowest BCUT2D eigenvalue weighted by molar-refractivity contribution is -0.141. The Morgan fingerprint density at radius 1 is 1.10 bits per heavy atom. The zero-order chi connectivity index (χ0) is 15.2. The average Bonchev–Trinajstić information content (AvgIpc) is 2.54. The maximum Gasteiger partial charge on any atom is 0.227 e. The number of carbonyl (C=O) groups excluding carboxylic acids is 2. The summed E-state index contributed by atoms with van der Waals surface area (Å²) >= 11 is 0. The van der Waals surface area contributed by atoms with E-state index in [0.717, 1.165) is 51.7 Å². The van der Waals surface area contributed by atoms with Crippen molar-refractivity contribution in [3.05, 3.63) is 0 Å². The standard InChI is InChI=1S/C16H29N3O2/c1-3-6-15(20)18-9-4-7-13(11-18)16(21)19-10-5-8-14(12-19)17-2/h13-14,17H,3-12H2,1-2H3. The van der Waals surface area contributed by atoms with Crippen LogP contribution < -0.4 is 5.32 Å². The van der Waals surface area contributed by atoms with Crippen LogP contribution in [-0.2, 0) is 9.59 Å². The molecule has 0 aromatic heterocycles. The molecule has 2 saturated heterocycles. The molecule has 2 amide bonds. The van der Waals surface area contributed by atoms with Crippen molar-refractivity contribution in [2.45, 2.75) is 51.5 Å². The van der Waals surface area contributed by atoms with Crippen molar-refractivity contribution >= 4 is 11.8 Å². The van der Waals surface area contributed by atoms with E-state index in [2.05, 4.69) is 5.32 Å². The first kappa shape index (κ1) is 16.3. The molecule has 2 aliphatic heterocycles. The summed E-state index contributed by atoms with van der Waals surface area (Å²) in [6, 6.07) is 0.420. The van der Waals surface area contributed by atoms with Gasteiger partial charge in [0.15, 0.2) is 0 Å². The summed E-state index contributed by atoms with van der Waals surface area (Å²) in [5, 5.41) is 3.28. The fourth-order valence-corrected chi connectivity index (χ4v) is 3.45. The number of likely N-dealkylation sites (N-methyl/N-ethyl adjacent to an activating group) is 1. The van der Waals surface area contributed by atoms with Gasteiger partial charge in [0.1, 0.15) is 0 Å². The number of nitrogens with one attached hydrogen (secondary N) is 1. The van der Waals surface area contributed by atoms with Crippen molar-refractivity contribution in [1.29, 1.82) is 0 Å². The van der Waals surface area contributed by atoms with Crippen LogP contribution in [0.1, 0.15) is 45.4 Å². The minimum Gasteiger partial charge on any atom is -0.342 e. The lowest BCUT2D eigenvalue weighted by Crippen LogP contribution is -2.52. The Labute approximate surface area is 128 Å². The summed E-state index contributed by atoms with van der Waals surface area (Å²) in [6.45, 7) is 5.15. The van der Waals surface area contributed by atoms with Crippen LogP contribution in [0.3, 0.4) is 0 Å². The molecule has 0 bridgehead atoms. The molecule has 0 aliphatic carbocycles. The molecule has 5 heteroatoms. The van der Waals surface area contributed by atoms with Crippen LogP contribution in [0.4, 0.5) is 0 Å². The summed E-state index contributed by atoms with van der Waals surface area (Å²) in [5.41, 5.74) is 0. The highest BCUT2D eigenvalue weighted by Crippen LogP contribution is 2.22. The topological polar surface area (TPSA) is 52.7 Å². The van der Waals surface area contributed by atoms with E-state index in [1.54, 1.807) is 0 Å². The molecule has 0 spiro atoms. The third kappa shape index (κ3) is 4.19. The monoisotopic (exact) mass is 295 g/mol. The van der Waals surface area contributed by atoms with E-state index in [1.165, 1.54) is 0 Å². The number of likely N-dealkylation sites (tertiary alicyclic amines) is 2. The molecule has 2 heterocycles. The zero-order valence-electron chi connectivity index (χ0n) is 13.4. The van der Waals surface area contributed by atoms with Crippen LogP contribution in [0.5, 0.6) is 0 Å². The van der Waals surface area contributed by atoms with Crippen molar-refractivity contribution in [3.63, 3.8) is 0 Å². The highest BCUT2D eigenvalue weighted by Gasteiger charge is 2.32. The molecule has 5 nitrogen and oxygen atoms in total. The molecule has 2 fully saturated rings. The van der Waals surface area contributed by atoms with Gasteiger partial charge >= 0.3 is 0 Å². The third-order valence-electron chi connectivity index (χ3n) is 4.73. The Morgan fingerprint density at radius 3 is 2.52 bits per heavy atom. The van der Waals surface area contributed by atoms with Crippen molar-refractivity contribution in [1.82, 2.24) is 15.1 Å². The molecule has 120 valence electrons. The first-order valence-electron chi connectivity index (χ1n) is 8.39. The van der Waals surface area contributed by atoms with Gasteiger partial charge in [-0.3, -0.25) is 9.59 Å². The molecule has 21 heavy (non-hydrogen) atoms. The lowest BCUT2D eigenvalue weighted by Gasteiger charge is -2.38. The van der Waals surface area contributed by atoms with E-state index >= 15 is 0 Å². The van der Waals surface area contributed by atoms with Crippen LogP contribution in [0.15, 0.2) is 0 Å². The van der Waals surface area contributed by atoms with Crippen LogP contribution >= 0.6 is 0 Å². The van der Waals surface area contributed by atoms with E-state index in [0.29, 0.717) is 19.0 Å². The first-order valence-corrected chi connectivity index (χ1v) is 8.39. The molecule has 2 rings (SSSR count). The number of hydrogen-bond acceptors (Lipinski definition) is 3. The van der Waals surface area contributed by atoms with Gasteiger partial charge in [-0.1, -0.05) is 6.92 Å². The van der Waals surface area contributed by atoms with E-state index < -0.39 is 0 Å². The lowest BCUT2D eigenvalue weighted by atomic mass is 9.94. The minimum atomic E-state index is 0.00941. The van der Waals surface area contributed by atoms with Gasteiger partial charge in [0.25, 0.3) is 0 Å². The van der Waals surface area contributed by atoms with E-state index in [4.69, 9.17) is 0 Å². The molecular weight excluding hydrogens is 266 g/mol. The second-order valence-electron chi connectivity index (χ2n) is 6.34. The molecule has 2 aliphatic rings. The van der Waals surface area contributed by atoms with Gasteiger partial charge in [-0.05, 0) is 39.2 Å². The van der Waals surface area contributed by atoms with Gasteiger partial charge in [-0.2, -0.15) is 0 Å². The second kappa shape index (κ2) is 7.78. The summed E-state index contributed by atoms with van der Waals surface area (Å²) in [7, 11) is 1.96. The van der Waals surface area contributed by atoms with Gasteiger partial charge in [0.05, 0.1) is 5.92 Å². The molecule has 2 unspecified atom stereocenters. The molecule has 0 aromatic carbocycles. The minimum absolute atomic E-state index is 0.00941. The number of carbonyl (C=O) groups is 2. The van der Waals surface area contributed by atoms with Crippen LogP contribution in [0, 0.1) is 5.92 Å². The van der Waals surface area contributed by atoms with E-state index in [-0.39, 0.29) is 17.7 Å². The number of piperidine rings is 2. The van der Waals surface area contributed by atoms with E-state index in [9.17, 15) is 9.59 Å². The van der Waals surface area contributed by atoms with Gasteiger partial charge < -0.3 is 15.1 Å². The van der Waals surface area contributed by atoms with Gasteiger partial charge in [-0.15, -0.1) is 0 Å². The van der Waals surface area contributed by atoms with Crippen molar-refractivity contribution < 1.29 is 9.59 Å². The van der Waals surface area contributed by atoms with Gasteiger partial charge in [-0.25, -0.2) is 0 Å². The molecule has 0 aromatic rings. The van der Waals surface area contributed by atoms with E-state index in [1.807, 2.05) is 23.8 Å². The largest absolute Gasteiger partial charge is 0.342 e. The smallest absolute Gasteiger partial charge is 0.227 e. The average molecular weight is 295 g/mol. The molecular formula is C16H29N3O2. The third-order valence-corrected chi connectivity index (χ3v) is 4.73. The summed E-state index contributed by atoms with van der Waals surface area (Å²) in [6.07, 6.45) is 5.58. The Morgan fingerprint density at radius 2 is 1.81 bits per heavy atom. The normalized spacial score (nSPS) is 26.8. The fourth-order valence-electron chi connectivity index (χ4n) is 3.45. The maximum absolute atomic E-state index is 12.7. The highest BCUT2D eigenvalue weighted by atomic mass is 16.2. The first-order chi connectivity index (χ1) is 10.2. The van der Waals surface area contributed by atoms with Crippen molar-refractivity contribution in [2.75, 3.05) is 33.2 Å². The second-order valence-corrected chi connectivity index (χ2v) is 6.34. The quantitative estimate of drug-likeness (QED) is 0.849. The van der Waals surface area contributed by atoms with Crippen LogP contribution in [0.25, 0.3) is 0 Å². The van der Waals surface area contributed by atoms with Crippen molar-refractivity contribution in [3.8, 4) is 0 Å². The van der Waals surface area contributed by atoms with Crippen LogP contribution in [-0.4, -0.2) is 60.9 Å². The van der Waals surface area contributed by atoms with Gasteiger partial charge in [0, 0.05) is 38.6 Å². The maximum atomic E-state index is 12.7. The fraction of sp³-hybridized carbons (Fsp3) is 0.875. The molecule has 2 atom stereocenters. The van der Waals surface area contributed by atoms with Gasteiger partial charge in [0.2, 0.25) is 11.8 Å². The Kier molecular flexibility index (Phi) is 6.03. The SMILES string of the molecule is CCCC(=O)N1CCCC(C(=O)N2CCCC(NC)C2)C1. The number of hydrogen-bond donors (Lipinski definition) is 1. The number of nitrogens with zero attached hydrogens (tertiary/aromatic N) is 2. The summed E-state index contributed by atoms with van der Waals surface area (Å²) in [5.74, 6) is 0.473. The molecule has 1 N–H and O–H groups in total. The highest BCUT2D eigenvalue weighted by molar-refractivity contribution is 5.81. The number of amides is 2. The molecule has 0 radical (unpaired) electrons. The Hall–Kier alpha value is -1.10. The predicted octanol–water partition coefficient (Wildman–Crippen LogP) is 1.24. The molecule has 0 saturated carbocycles. The zero-order valence-corrected chi connectivity index (χ0v) is 13.4. The van der Waals surface area contributed by atoms with Crippen molar-refractivity contribution in [2.24, 2.45) is 5.92 Å². The summed E-state index contributed by atoms with van der Waals surface area (Å²) < 4.78 is 0. The Balaban J connectivity index is 1.91. The summed E-state index contributed by atoms with van der Waals surface area (Å²) in [4.78, 5) is 28.6. The predicted molar refractivity (Wildman–Crippen MR) is 82.9 cm³/mol. The number of rotatable bonds is 4. The Bertz CT molecular complexity index is 373. The van der Waals surface area contributed by atoms with Crippen LogP contribution in [0.2, 0.25) is 0 Å².